The van der Waals surface area contributed by atoms with Crippen LogP contribution in [0.25, 0.3) is 10.8 Å². The molecule has 43 heavy (non-hydrogen) atoms. The number of aryl methyl sites for hydroxylation is 1. The van der Waals surface area contributed by atoms with Gasteiger partial charge in [0.05, 0.1) is 25.0 Å². The second-order valence-corrected chi connectivity index (χ2v) is 13.4. The van der Waals surface area contributed by atoms with Gasteiger partial charge in [-0.05, 0) is 63.7 Å². The lowest BCUT2D eigenvalue weighted by molar-refractivity contribution is 0.0264. The van der Waals surface area contributed by atoms with Crippen molar-refractivity contribution in [3.8, 4) is 18.4 Å². The smallest absolute Gasteiger partial charge is 0.318 e. The number of hydrogen-bond acceptors (Lipinski definition) is 7. The van der Waals surface area contributed by atoms with E-state index in [1.807, 2.05) is 12.1 Å². The Morgan fingerprint density at radius 2 is 1.88 bits per heavy atom. The predicted octanol–water partition coefficient (Wildman–Crippen LogP) is 5.81. The molecule has 3 aromatic rings. The van der Waals surface area contributed by atoms with Crippen LogP contribution < -0.4 is 15.0 Å². The summed E-state index contributed by atoms with van der Waals surface area (Å²) in [5, 5.41) is 6.01. The molecule has 0 amide bonds. The number of anilines is 1. The zero-order valence-corrected chi connectivity index (χ0v) is 26.6. The third kappa shape index (κ3) is 6.38. The van der Waals surface area contributed by atoms with Crippen LogP contribution in [-0.2, 0) is 17.8 Å². The van der Waals surface area contributed by atoms with Crippen LogP contribution in [0, 0.1) is 24.7 Å². The summed E-state index contributed by atoms with van der Waals surface area (Å²) >= 11 is 0. The van der Waals surface area contributed by atoms with E-state index in [9.17, 15) is 0 Å². The van der Waals surface area contributed by atoms with E-state index >= 15 is 0 Å². The van der Waals surface area contributed by atoms with Crippen LogP contribution in [-0.4, -0.2) is 67.3 Å². The highest BCUT2D eigenvalue weighted by atomic mass is 16.5. The van der Waals surface area contributed by atoms with Crippen LogP contribution >= 0.6 is 0 Å². The molecule has 0 radical (unpaired) electrons. The summed E-state index contributed by atoms with van der Waals surface area (Å²) in [6.45, 7) is 10.5. The first kappa shape index (κ1) is 29.9. The lowest BCUT2D eigenvalue weighted by Gasteiger charge is -2.36. The van der Waals surface area contributed by atoms with E-state index in [-0.39, 0.29) is 11.5 Å². The molecule has 2 aromatic carbocycles. The van der Waals surface area contributed by atoms with Gasteiger partial charge in [0, 0.05) is 60.1 Å². The third-order valence-corrected chi connectivity index (χ3v) is 9.14. The number of piperazine rings is 1. The third-order valence-electron chi connectivity index (χ3n) is 9.14. The quantitative estimate of drug-likeness (QED) is 0.353. The number of hydrogen-bond donors (Lipinski definition) is 1. The van der Waals surface area contributed by atoms with Crippen LogP contribution in [0.5, 0.6) is 6.01 Å². The maximum atomic E-state index is 6.62. The largest absolute Gasteiger partial charge is 0.463 e. The molecule has 228 valence electrons. The minimum absolute atomic E-state index is 0.136. The van der Waals surface area contributed by atoms with Gasteiger partial charge in [0.15, 0.2) is 0 Å². The van der Waals surface area contributed by atoms with Crippen molar-refractivity contribution < 1.29 is 9.47 Å². The lowest BCUT2D eigenvalue weighted by atomic mass is 9.91. The van der Waals surface area contributed by atoms with E-state index in [4.69, 9.17) is 25.9 Å². The van der Waals surface area contributed by atoms with Crippen LogP contribution in [0.15, 0.2) is 30.3 Å². The first-order valence-electron chi connectivity index (χ1n) is 16.1. The Morgan fingerprint density at radius 3 is 2.56 bits per heavy atom. The van der Waals surface area contributed by atoms with E-state index in [0.29, 0.717) is 37.7 Å². The second kappa shape index (κ2) is 12.4. The number of nitrogens with one attached hydrogen (secondary N) is 1. The van der Waals surface area contributed by atoms with Gasteiger partial charge < -0.3 is 24.6 Å². The average molecular weight is 582 g/mol. The van der Waals surface area contributed by atoms with Crippen LogP contribution in [0.3, 0.4) is 0 Å². The number of aromatic nitrogens is 2. The summed E-state index contributed by atoms with van der Waals surface area (Å²) in [5.41, 5.74) is 5.60. The highest BCUT2D eigenvalue weighted by Crippen LogP contribution is 2.46. The predicted molar refractivity (Wildman–Crippen MR) is 174 cm³/mol. The SMILES string of the molecule is C#Cc1cccc2cc(C)cc(C3Cc4nc(OCC5(CN(C)C)CC5)nc(N5CC6CCC(C5)N6)c4CO3)c12.CCC. The Bertz CT molecular complexity index is 1500. The van der Waals surface area contributed by atoms with Gasteiger partial charge in [-0.25, -0.2) is 0 Å². The summed E-state index contributed by atoms with van der Waals surface area (Å²) in [6.07, 6.45) is 12.6. The van der Waals surface area contributed by atoms with Crippen molar-refractivity contribution in [2.45, 2.75) is 84.1 Å². The van der Waals surface area contributed by atoms with Crippen molar-refractivity contribution in [2.24, 2.45) is 5.41 Å². The fraction of sp³-hybridized carbons (Fsp3) is 0.556. The molecule has 4 heterocycles. The molecule has 7 rings (SSSR count). The number of fused-ring (bicyclic) bond motifs is 4. The Labute approximate surface area is 257 Å². The Kier molecular flexibility index (Phi) is 8.64. The zero-order chi connectivity index (χ0) is 30.1. The fourth-order valence-corrected chi connectivity index (χ4v) is 7.13. The number of terminal acetylenes is 1. The fourth-order valence-electron chi connectivity index (χ4n) is 7.13. The van der Waals surface area contributed by atoms with Gasteiger partial charge in [-0.1, -0.05) is 56.0 Å². The minimum Gasteiger partial charge on any atom is -0.463 e. The summed E-state index contributed by atoms with van der Waals surface area (Å²) < 4.78 is 13.0. The van der Waals surface area contributed by atoms with E-state index < -0.39 is 0 Å². The molecule has 7 heteroatoms. The van der Waals surface area contributed by atoms with E-state index in [2.05, 4.69) is 74.1 Å². The first-order valence-corrected chi connectivity index (χ1v) is 16.1. The van der Waals surface area contributed by atoms with Crippen LogP contribution in [0.1, 0.15) is 80.0 Å². The molecule has 7 nitrogen and oxygen atoms in total. The van der Waals surface area contributed by atoms with Crippen molar-refractivity contribution >= 4 is 16.6 Å². The van der Waals surface area contributed by atoms with E-state index in [1.54, 1.807) is 0 Å². The molecule has 4 aliphatic rings. The normalized spacial score (nSPS) is 23.4. The van der Waals surface area contributed by atoms with Gasteiger partial charge in [-0.3, -0.25) is 0 Å². The standard InChI is InChI=1S/C33H39N5O2.C3H8/c1-5-22-7-6-8-23-13-21(2)14-26(30(22)23)29-15-28-27(18-39-29)31(38-16-24-9-10-25(17-38)34-24)36-32(35-28)40-20-33(11-12-33)19-37(3)4;1-3-2/h1,6-8,13-14,24-25,29,34H,9-12,15-20H2,2-4H3;3H2,1-2H3. The van der Waals surface area contributed by atoms with Crippen molar-refractivity contribution in [3.63, 3.8) is 0 Å². The molecular weight excluding hydrogens is 534 g/mol. The first-order chi connectivity index (χ1) is 20.8. The molecule has 3 unspecified atom stereocenters. The maximum Gasteiger partial charge on any atom is 0.318 e. The molecule has 1 saturated carbocycles. The number of rotatable bonds is 7. The number of ether oxygens (including phenoxy) is 2. The van der Waals surface area contributed by atoms with E-state index in [0.717, 1.165) is 58.6 Å². The molecule has 2 saturated heterocycles. The molecule has 3 aliphatic heterocycles. The van der Waals surface area contributed by atoms with E-state index in [1.165, 1.54) is 37.7 Å². The molecule has 0 spiro atoms. The highest BCUT2D eigenvalue weighted by molar-refractivity contribution is 5.92. The lowest BCUT2D eigenvalue weighted by Crippen LogP contribution is -2.51. The molecule has 2 bridgehead atoms. The molecular formula is C36H47N5O2. The monoisotopic (exact) mass is 581 g/mol. The summed E-state index contributed by atoms with van der Waals surface area (Å²) in [6, 6.07) is 12.1. The van der Waals surface area contributed by atoms with Gasteiger partial charge in [0.2, 0.25) is 0 Å². The van der Waals surface area contributed by atoms with Crippen LogP contribution in [0.4, 0.5) is 5.82 Å². The van der Waals surface area contributed by atoms with Crippen LogP contribution in [0.2, 0.25) is 0 Å². The molecule has 1 aliphatic carbocycles. The second-order valence-electron chi connectivity index (χ2n) is 13.4. The van der Waals surface area contributed by atoms with Gasteiger partial charge in [0.25, 0.3) is 0 Å². The van der Waals surface area contributed by atoms with Gasteiger partial charge >= 0.3 is 6.01 Å². The molecule has 3 fully saturated rings. The Morgan fingerprint density at radius 1 is 1.14 bits per heavy atom. The van der Waals surface area contributed by atoms with Gasteiger partial charge in [-0.2, -0.15) is 9.97 Å². The number of nitrogens with zero attached hydrogens (tertiary/aromatic N) is 4. The van der Waals surface area contributed by atoms with Gasteiger partial charge in [-0.15, -0.1) is 6.42 Å². The van der Waals surface area contributed by atoms with Crippen molar-refractivity contribution in [2.75, 3.05) is 45.2 Å². The maximum absolute atomic E-state index is 6.62. The highest BCUT2D eigenvalue weighted by Gasteiger charge is 2.44. The summed E-state index contributed by atoms with van der Waals surface area (Å²) in [7, 11) is 4.26. The number of benzene rings is 2. The topological polar surface area (TPSA) is 62.8 Å². The summed E-state index contributed by atoms with van der Waals surface area (Å²) in [5.74, 6) is 3.89. The Balaban J connectivity index is 0.00000105. The average Bonchev–Trinajstić information content (AvgIpc) is 3.67. The Hall–Kier alpha value is -3.18. The molecule has 1 N–H and O–H groups in total. The van der Waals surface area contributed by atoms with Crippen molar-refractivity contribution in [1.29, 1.82) is 0 Å². The van der Waals surface area contributed by atoms with Crippen molar-refractivity contribution in [1.82, 2.24) is 20.2 Å². The zero-order valence-electron chi connectivity index (χ0n) is 26.6. The summed E-state index contributed by atoms with van der Waals surface area (Å²) in [4.78, 5) is 14.8. The van der Waals surface area contributed by atoms with Crippen molar-refractivity contribution in [3.05, 3.63) is 58.3 Å². The minimum atomic E-state index is -0.136. The molecule has 3 atom stereocenters. The molecule has 1 aromatic heterocycles. The van der Waals surface area contributed by atoms with Gasteiger partial charge in [0.1, 0.15) is 5.82 Å².